The minimum Gasteiger partial charge on any atom is -0.381 e. The third kappa shape index (κ3) is 2.90. The molecule has 0 spiro atoms. The van der Waals surface area contributed by atoms with Crippen molar-refractivity contribution in [3.63, 3.8) is 0 Å². The van der Waals surface area contributed by atoms with Crippen molar-refractivity contribution in [3.05, 3.63) is 17.5 Å². The highest BCUT2D eigenvalue weighted by Crippen LogP contribution is 2.34. The lowest BCUT2D eigenvalue weighted by Crippen LogP contribution is -2.50. The van der Waals surface area contributed by atoms with Crippen molar-refractivity contribution in [3.8, 4) is 0 Å². The molecule has 2 aliphatic rings. The molecule has 1 saturated heterocycles. The molecule has 0 unspecified atom stereocenters. The minimum atomic E-state index is 0.378. The Morgan fingerprint density at radius 2 is 2.35 bits per heavy atom. The van der Waals surface area contributed by atoms with Crippen molar-refractivity contribution >= 4 is 0 Å². The van der Waals surface area contributed by atoms with Crippen LogP contribution in [0, 0.1) is 12.8 Å². The van der Waals surface area contributed by atoms with Gasteiger partial charge in [-0.2, -0.15) is 0 Å². The summed E-state index contributed by atoms with van der Waals surface area (Å²) in [6.45, 7) is 5.35. The second kappa shape index (κ2) is 6.24. The molecule has 2 heterocycles. The van der Waals surface area contributed by atoms with Gasteiger partial charge in [0.25, 0.3) is 0 Å². The predicted molar refractivity (Wildman–Crippen MR) is 74.4 cm³/mol. The van der Waals surface area contributed by atoms with E-state index in [0.29, 0.717) is 18.1 Å². The van der Waals surface area contributed by atoms with Gasteiger partial charge in [-0.1, -0.05) is 11.6 Å². The van der Waals surface area contributed by atoms with Gasteiger partial charge < -0.3 is 14.0 Å². The molecule has 0 radical (unpaired) electrons. The van der Waals surface area contributed by atoms with Gasteiger partial charge in [0.1, 0.15) is 5.76 Å². The van der Waals surface area contributed by atoms with Gasteiger partial charge in [-0.15, -0.1) is 0 Å². The van der Waals surface area contributed by atoms with E-state index in [0.717, 1.165) is 37.8 Å². The molecule has 0 amide bonds. The lowest BCUT2D eigenvalue weighted by molar-refractivity contribution is -0.0614. The molecule has 1 aliphatic heterocycles. The second-order valence-corrected chi connectivity index (χ2v) is 5.91. The summed E-state index contributed by atoms with van der Waals surface area (Å²) in [6, 6.07) is 2.46. The lowest BCUT2D eigenvalue weighted by atomic mass is 9.94. The fourth-order valence-electron chi connectivity index (χ4n) is 3.64. The minimum absolute atomic E-state index is 0.378. The van der Waals surface area contributed by atoms with Crippen molar-refractivity contribution in [2.45, 2.75) is 44.9 Å². The number of rotatable bonds is 4. The molecule has 2 fully saturated rings. The zero-order valence-corrected chi connectivity index (χ0v) is 12.4. The first-order valence-electron chi connectivity index (χ1n) is 7.54. The van der Waals surface area contributed by atoms with Crippen LogP contribution in [0.4, 0.5) is 0 Å². The molecule has 3 rings (SSSR count). The van der Waals surface area contributed by atoms with E-state index < -0.39 is 0 Å². The Labute approximate surface area is 120 Å². The molecule has 1 aromatic rings. The fraction of sp³-hybridized carbons (Fsp3) is 0.800. The van der Waals surface area contributed by atoms with E-state index in [4.69, 9.17) is 14.0 Å². The Hall–Kier alpha value is -0.910. The van der Waals surface area contributed by atoms with E-state index in [9.17, 15) is 0 Å². The third-order valence-corrected chi connectivity index (χ3v) is 4.62. The topological polar surface area (TPSA) is 47.7 Å². The summed E-state index contributed by atoms with van der Waals surface area (Å²) in [4.78, 5) is 2.49. The number of nitrogens with zero attached hydrogens (tertiary/aromatic N) is 2. The van der Waals surface area contributed by atoms with Crippen LogP contribution in [0.3, 0.4) is 0 Å². The van der Waals surface area contributed by atoms with Gasteiger partial charge in [-0.25, -0.2) is 0 Å². The van der Waals surface area contributed by atoms with E-state index in [1.807, 2.05) is 20.1 Å². The van der Waals surface area contributed by atoms with Crippen molar-refractivity contribution in [1.29, 1.82) is 0 Å². The molecule has 1 saturated carbocycles. The summed E-state index contributed by atoms with van der Waals surface area (Å²) < 4.78 is 16.6. The van der Waals surface area contributed by atoms with Crippen LogP contribution in [0.25, 0.3) is 0 Å². The summed E-state index contributed by atoms with van der Waals surface area (Å²) in [7, 11) is 1.83. The number of hydrogen-bond donors (Lipinski definition) is 0. The normalized spacial score (nSPS) is 31.8. The molecule has 20 heavy (non-hydrogen) atoms. The molecular formula is C15H24N2O3. The van der Waals surface area contributed by atoms with Gasteiger partial charge in [0, 0.05) is 38.2 Å². The van der Waals surface area contributed by atoms with Gasteiger partial charge in [0.15, 0.2) is 0 Å². The number of aromatic nitrogens is 1. The van der Waals surface area contributed by atoms with E-state index >= 15 is 0 Å². The first-order chi connectivity index (χ1) is 9.78. The second-order valence-electron chi connectivity index (χ2n) is 5.91. The highest BCUT2D eigenvalue weighted by Gasteiger charge is 2.38. The predicted octanol–water partition coefficient (Wildman–Crippen LogP) is 2.00. The van der Waals surface area contributed by atoms with Crippen molar-refractivity contribution in [2.75, 3.05) is 26.9 Å². The molecule has 112 valence electrons. The first kappa shape index (κ1) is 14.0. The zero-order chi connectivity index (χ0) is 13.9. The lowest BCUT2D eigenvalue weighted by Gasteiger charge is -2.40. The number of morpholine rings is 1. The number of hydrogen-bond acceptors (Lipinski definition) is 5. The van der Waals surface area contributed by atoms with E-state index in [2.05, 4.69) is 10.1 Å². The summed E-state index contributed by atoms with van der Waals surface area (Å²) in [5.41, 5.74) is 1.02. The van der Waals surface area contributed by atoms with Crippen LogP contribution in [0.15, 0.2) is 10.6 Å². The molecule has 0 aromatic carbocycles. The van der Waals surface area contributed by atoms with Crippen LogP contribution < -0.4 is 0 Å². The average molecular weight is 280 g/mol. The Kier molecular flexibility index (Phi) is 4.38. The molecule has 1 aliphatic carbocycles. The molecule has 0 bridgehead atoms. The quantitative estimate of drug-likeness (QED) is 0.844. The Morgan fingerprint density at radius 3 is 3.10 bits per heavy atom. The van der Waals surface area contributed by atoms with E-state index in [1.54, 1.807) is 0 Å². The molecule has 0 N–H and O–H groups in total. The van der Waals surface area contributed by atoms with Gasteiger partial charge in [-0.3, -0.25) is 4.90 Å². The molecule has 1 aromatic heterocycles. The monoisotopic (exact) mass is 280 g/mol. The largest absolute Gasteiger partial charge is 0.381 e. The molecule has 5 heteroatoms. The molecular weight excluding hydrogens is 256 g/mol. The standard InChI is InChI=1S/C15H24N2O3/c1-11-8-12(16-20-11)9-17-6-7-19-10-14(17)13-4-3-5-15(13)18-2/h8,13-15H,3-7,9-10H2,1-2H3/t13-,14-,15+/m0/s1. The highest BCUT2D eigenvalue weighted by atomic mass is 16.5. The van der Waals surface area contributed by atoms with E-state index in [-0.39, 0.29) is 0 Å². The Morgan fingerprint density at radius 1 is 1.45 bits per heavy atom. The highest BCUT2D eigenvalue weighted by molar-refractivity contribution is 5.04. The maximum Gasteiger partial charge on any atom is 0.133 e. The number of ether oxygens (including phenoxy) is 2. The maximum absolute atomic E-state index is 5.72. The molecule has 3 atom stereocenters. The smallest absolute Gasteiger partial charge is 0.133 e. The van der Waals surface area contributed by atoms with Gasteiger partial charge >= 0.3 is 0 Å². The van der Waals surface area contributed by atoms with Gasteiger partial charge in [0.05, 0.1) is 25.0 Å². The van der Waals surface area contributed by atoms with Crippen LogP contribution in [-0.4, -0.2) is 49.1 Å². The van der Waals surface area contributed by atoms with Crippen molar-refractivity contribution < 1.29 is 14.0 Å². The Balaban J connectivity index is 1.70. The SMILES string of the molecule is CO[C@@H]1CCC[C@H]1[C@@H]1COCCN1Cc1cc(C)on1. The maximum atomic E-state index is 5.72. The number of aryl methyl sites for hydroxylation is 1. The van der Waals surface area contributed by atoms with Crippen LogP contribution in [0.2, 0.25) is 0 Å². The average Bonchev–Trinajstić information content (AvgIpc) is 3.08. The van der Waals surface area contributed by atoms with Gasteiger partial charge in [-0.05, 0) is 19.8 Å². The summed E-state index contributed by atoms with van der Waals surface area (Å²) >= 11 is 0. The summed E-state index contributed by atoms with van der Waals surface area (Å²) in [5.74, 6) is 1.45. The van der Waals surface area contributed by atoms with Crippen molar-refractivity contribution in [1.82, 2.24) is 10.1 Å². The van der Waals surface area contributed by atoms with Crippen LogP contribution in [-0.2, 0) is 16.0 Å². The van der Waals surface area contributed by atoms with Crippen LogP contribution in [0.1, 0.15) is 30.7 Å². The Bertz CT molecular complexity index is 435. The van der Waals surface area contributed by atoms with Crippen LogP contribution >= 0.6 is 0 Å². The van der Waals surface area contributed by atoms with Crippen LogP contribution in [0.5, 0.6) is 0 Å². The zero-order valence-electron chi connectivity index (χ0n) is 12.4. The third-order valence-electron chi connectivity index (χ3n) is 4.62. The summed E-state index contributed by atoms with van der Waals surface area (Å²) in [6.07, 6.45) is 4.05. The number of methoxy groups -OCH3 is 1. The first-order valence-corrected chi connectivity index (χ1v) is 7.54. The molecule has 5 nitrogen and oxygen atoms in total. The summed E-state index contributed by atoms with van der Waals surface area (Å²) in [5, 5.41) is 4.12. The fourth-order valence-corrected chi connectivity index (χ4v) is 3.64. The van der Waals surface area contributed by atoms with E-state index in [1.165, 1.54) is 19.3 Å². The van der Waals surface area contributed by atoms with Gasteiger partial charge in [0.2, 0.25) is 0 Å². The van der Waals surface area contributed by atoms with Crippen molar-refractivity contribution in [2.24, 2.45) is 5.92 Å².